The van der Waals surface area contributed by atoms with Crippen molar-refractivity contribution in [2.45, 2.75) is 37.4 Å². The van der Waals surface area contributed by atoms with Crippen LogP contribution >= 0.6 is 23.4 Å². The molecular weight excluding hydrogens is 378 g/mol. The standard InChI is InChI=1S/C21H22ClN3OS/c1-4-12-25-20(16(3)26-19-11-6-5-8-15(19)2)23-24-21(25)27-14-17-9-7-10-18(22)13-17/h4-11,13,16H,1,12,14H2,2-3H3. The van der Waals surface area contributed by atoms with Crippen LogP contribution in [0, 0.1) is 6.92 Å². The molecule has 0 aliphatic heterocycles. The Bertz CT molecular complexity index is 925. The molecule has 140 valence electrons. The third-order valence-corrected chi connectivity index (χ3v) is 5.35. The van der Waals surface area contributed by atoms with E-state index in [-0.39, 0.29) is 6.10 Å². The van der Waals surface area contributed by atoms with Crippen molar-refractivity contribution in [1.29, 1.82) is 0 Å². The lowest BCUT2D eigenvalue weighted by Crippen LogP contribution is -2.12. The first-order valence-electron chi connectivity index (χ1n) is 8.72. The summed E-state index contributed by atoms with van der Waals surface area (Å²) in [6.45, 7) is 8.51. The third-order valence-electron chi connectivity index (χ3n) is 4.08. The molecule has 0 spiro atoms. The maximum Gasteiger partial charge on any atom is 0.191 e. The number of hydrogen-bond acceptors (Lipinski definition) is 4. The average molecular weight is 400 g/mol. The lowest BCUT2D eigenvalue weighted by atomic mass is 10.2. The predicted octanol–water partition coefficient (Wildman–Crippen LogP) is 5.86. The van der Waals surface area contributed by atoms with Gasteiger partial charge >= 0.3 is 0 Å². The van der Waals surface area contributed by atoms with E-state index in [1.807, 2.05) is 67.0 Å². The van der Waals surface area contributed by atoms with Crippen molar-refractivity contribution in [2.75, 3.05) is 0 Å². The van der Waals surface area contributed by atoms with Crippen molar-refractivity contribution < 1.29 is 4.74 Å². The molecule has 4 nitrogen and oxygen atoms in total. The van der Waals surface area contributed by atoms with Crippen LogP contribution in [0.1, 0.15) is 30.0 Å². The maximum atomic E-state index is 6.13. The van der Waals surface area contributed by atoms with Crippen LogP contribution in [0.4, 0.5) is 0 Å². The third kappa shape index (κ3) is 4.93. The fourth-order valence-corrected chi connectivity index (χ4v) is 3.83. The number of rotatable bonds is 8. The largest absolute Gasteiger partial charge is 0.482 e. The first-order chi connectivity index (χ1) is 13.1. The van der Waals surface area contributed by atoms with Gasteiger partial charge in [0, 0.05) is 17.3 Å². The second kappa shape index (κ2) is 9.11. The van der Waals surface area contributed by atoms with Gasteiger partial charge in [-0.05, 0) is 43.2 Å². The van der Waals surface area contributed by atoms with Gasteiger partial charge in [-0.2, -0.15) is 0 Å². The number of aryl methyl sites for hydroxylation is 1. The van der Waals surface area contributed by atoms with Crippen molar-refractivity contribution in [1.82, 2.24) is 14.8 Å². The van der Waals surface area contributed by atoms with Gasteiger partial charge in [0.25, 0.3) is 0 Å². The minimum atomic E-state index is -0.223. The van der Waals surface area contributed by atoms with Gasteiger partial charge < -0.3 is 4.74 Å². The zero-order valence-electron chi connectivity index (χ0n) is 15.4. The summed E-state index contributed by atoms with van der Waals surface area (Å²) in [5.41, 5.74) is 2.24. The Morgan fingerprint density at radius 3 is 2.78 bits per heavy atom. The van der Waals surface area contributed by atoms with Crippen molar-refractivity contribution in [3.05, 3.63) is 83.2 Å². The number of hydrogen-bond donors (Lipinski definition) is 0. The summed E-state index contributed by atoms with van der Waals surface area (Å²) in [7, 11) is 0. The van der Waals surface area contributed by atoms with Gasteiger partial charge in [-0.15, -0.1) is 16.8 Å². The Hall–Kier alpha value is -2.24. The monoisotopic (exact) mass is 399 g/mol. The van der Waals surface area contributed by atoms with Crippen LogP contribution in [0.2, 0.25) is 5.02 Å². The highest BCUT2D eigenvalue weighted by Gasteiger charge is 2.19. The predicted molar refractivity (Wildman–Crippen MR) is 111 cm³/mol. The first-order valence-corrected chi connectivity index (χ1v) is 10.1. The Balaban J connectivity index is 1.77. The van der Waals surface area contributed by atoms with E-state index in [9.17, 15) is 0 Å². The maximum absolute atomic E-state index is 6.13. The fraction of sp³-hybridized carbons (Fsp3) is 0.238. The van der Waals surface area contributed by atoms with E-state index in [0.29, 0.717) is 6.54 Å². The summed E-state index contributed by atoms with van der Waals surface area (Å²) in [6, 6.07) is 15.8. The van der Waals surface area contributed by atoms with Crippen LogP contribution in [0.15, 0.2) is 66.3 Å². The van der Waals surface area contributed by atoms with Crippen molar-refractivity contribution >= 4 is 23.4 Å². The number of nitrogens with zero attached hydrogens (tertiary/aromatic N) is 3. The van der Waals surface area contributed by atoms with Gasteiger partial charge in [-0.1, -0.05) is 59.8 Å². The van der Waals surface area contributed by atoms with E-state index in [0.717, 1.165) is 38.6 Å². The molecule has 0 aliphatic rings. The summed E-state index contributed by atoms with van der Waals surface area (Å²) in [5.74, 6) is 2.40. The molecule has 0 radical (unpaired) electrons. The van der Waals surface area contributed by atoms with Gasteiger partial charge in [0.15, 0.2) is 17.1 Å². The number of ether oxygens (including phenoxy) is 1. The van der Waals surface area contributed by atoms with Crippen LogP contribution in [0.5, 0.6) is 5.75 Å². The number of allylic oxidation sites excluding steroid dienone is 1. The summed E-state index contributed by atoms with van der Waals surface area (Å²) < 4.78 is 8.17. The highest BCUT2D eigenvalue weighted by molar-refractivity contribution is 7.98. The molecule has 1 unspecified atom stereocenters. The molecule has 1 atom stereocenters. The Labute approximate surface area is 169 Å². The van der Waals surface area contributed by atoms with E-state index in [4.69, 9.17) is 16.3 Å². The van der Waals surface area contributed by atoms with Gasteiger partial charge in [0.05, 0.1) is 0 Å². The number of thioether (sulfide) groups is 1. The fourth-order valence-electron chi connectivity index (χ4n) is 2.71. The molecular formula is C21H22ClN3OS. The molecule has 3 aromatic rings. The number of para-hydroxylation sites is 1. The summed E-state index contributed by atoms with van der Waals surface area (Å²) >= 11 is 7.69. The van der Waals surface area contributed by atoms with Crippen LogP contribution in [0.25, 0.3) is 0 Å². The number of aromatic nitrogens is 3. The zero-order chi connectivity index (χ0) is 19.2. The summed E-state index contributed by atoms with van der Waals surface area (Å²) in [6.07, 6.45) is 1.62. The number of halogens is 1. The molecule has 2 aromatic carbocycles. The Morgan fingerprint density at radius 2 is 2.04 bits per heavy atom. The molecule has 0 saturated heterocycles. The van der Waals surface area contributed by atoms with Crippen molar-refractivity contribution in [3.63, 3.8) is 0 Å². The normalized spacial score (nSPS) is 12.0. The van der Waals surface area contributed by atoms with Crippen LogP contribution in [-0.2, 0) is 12.3 Å². The molecule has 0 saturated carbocycles. The second-order valence-electron chi connectivity index (χ2n) is 6.18. The minimum Gasteiger partial charge on any atom is -0.482 e. The number of benzene rings is 2. The van der Waals surface area contributed by atoms with E-state index in [2.05, 4.69) is 22.8 Å². The summed E-state index contributed by atoms with van der Waals surface area (Å²) in [5, 5.41) is 10.3. The van der Waals surface area contributed by atoms with E-state index in [1.165, 1.54) is 0 Å². The molecule has 0 amide bonds. The quantitative estimate of drug-likeness (QED) is 0.351. The van der Waals surface area contributed by atoms with Crippen molar-refractivity contribution in [2.24, 2.45) is 0 Å². The van der Waals surface area contributed by atoms with Gasteiger partial charge in [-0.3, -0.25) is 4.57 Å². The smallest absolute Gasteiger partial charge is 0.191 e. The molecule has 0 fully saturated rings. The Morgan fingerprint density at radius 1 is 1.22 bits per heavy atom. The average Bonchev–Trinajstić information content (AvgIpc) is 3.05. The molecule has 6 heteroatoms. The topological polar surface area (TPSA) is 39.9 Å². The lowest BCUT2D eigenvalue weighted by Gasteiger charge is -2.17. The van der Waals surface area contributed by atoms with Crippen molar-refractivity contribution in [3.8, 4) is 5.75 Å². The SMILES string of the molecule is C=CCn1c(SCc2cccc(Cl)c2)nnc1C(C)Oc1ccccc1C. The summed E-state index contributed by atoms with van der Waals surface area (Å²) in [4.78, 5) is 0. The Kier molecular flexibility index (Phi) is 6.58. The molecule has 0 aliphatic carbocycles. The second-order valence-corrected chi connectivity index (χ2v) is 7.56. The van der Waals surface area contributed by atoms with E-state index >= 15 is 0 Å². The molecule has 1 heterocycles. The van der Waals surface area contributed by atoms with E-state index in [1.54, 1.807) is 11.8 Å². The lowest BCUT2D eigenvalue weighted by molar-refractivity contribution is 0.209. The highest BCUT2D eigenvalue weighted by atomic mass is 35.5. The first kappa shape index (κ1) is 19.5. The molecule has 27 heavy (non-hydrogen) atoms. The van der Waals surface area contributed by atoms with Gasteiger partial charge in [0.1, 0.15) is 5.75 Å². The highest BCUT2D eigenvalue weighted by Crippen LogP contribution is 2.28. The molecule has 0 bridgehead atoms. The van der Waals surface area contributed by atoms with Crippen LogP contribution in [0.3, 0.4) is 0 Å². The van der Waals surface area contributed by atoms with E-state index < -0.39 is 0 Å². The zero-order valence-corrected chi connectivity index (χ0v) is 17.0. The molecule has 0 N–H and O–H groups in total. The van der Waals surface area contributed by atoms with Crippen LogP contribution in [-0.4, -0.2) is 14.8 Å². The van der Waals surface area contributed by atoms with Gasteiger partial charge in [0.2, 0.25) is 0 Å². The van der Waals surface area contributed by atoms with Gasteiger partial charge in [-0.25, -0.2) is 0 Å². The molecule has 3 rings (SSSR count). The molecule has 1 aromatic heterocycles. The van der Waals surface area contributed by atoms with Crippen LogP contribution < -0.4 is 4.74 Å². The minimum absolute atomic E-state index is 0.223.